The minimum absolute atomic E-state index is 0.126. The Kier molecular flexibility index (Phi) is 5.52. The van der Waals surface area contributed by atoms with E-state index in [1.807, 2.05) is 29.2 Å². The van der Waals surface area contributed by atoms with Crippen LogP contribution in [0.15, 0.2) is 24.3 Å². The van der Waals surface area contributed by atoms with E-state index in [4.69, 9.17) is 21.7 Å². The summed E-state index contributed by atoms with van der Waals surface area (Å²) in [6, 6.07) is 7.65. The van der Waals surface area contributed by atoms with E-state index in [2.05, 4.69) is 10.2 Å². The maximum Gasteiger partial charge on any atom is 0.251 e. The third-order valence-electron chi connectivity index (χ3n) is 4.42. The number of ether oxygens (including phenoxy) is 2. The van der Waals surface area contributed by atoms with Gasteiger partial charge in [0.2, 0.25) is 0 Å². The first kappa shape index (κ1) is 17.0. The van der Waals surface area contributed by atoms with Crippen molar-refractivity contribution in [3.05, 3.63) is 24.3 Å². The van der Waals surface area contributed by atoms with Crippen LogP contribution in [0.2, 0.25) is 0 Å². The van der Waals surface area contributed by atoms with Crippen LogP contribution in [0.4, 0.5) is 5.69 Å². The second-order valence-corrected chi connectivity index (χ2v) is 6.36. The molecule has 2 saturated heterocycles. The number of carbonyl (C=O) groups is 1. The Morgan fingerprint density at radius 2 is 1.88 bits per heavy atom. The third kappa shape index (κ3) is 3.96. The van der Waals surface area contributed by atoms with Crippen molar-refractivity contribution in [3.63, 3.8) is 0 Å². The molecule has 1 N–H and O–H groups in total. The Morgan fingerprint density at radius 1 is 1.21 bits per heavy atom. The van der Waals surface area contributed by atoms with E-state index in [0.717, 1.165) is 37.4 Å². The number of nitrogens with zero attached hydrogens (tertiary/aromatic N) is 2. The molecule has 1 aromatic carbocycles. The maximum absolute atomic E-state index is 12.4. The summed E-state index contributed by atoms with van der Waals surface area (Å²) in [5.74, 6) is 0.939. The normalized spacial score (nSPS) is 20.8. The molecular weight excluding hydrogens is 326 g/mol. The summed E-state index contributed by atoms with van der Waals surface area (Å²) < 4.78 is 10.6. The first-order chi connectivity index (χ1) is 11.7. The van der Waals surface area contributed by atoms with Gasteiger partial charge >= 0.3 is 0 Å². The second kappa shape index (κ2) is 7.81. The van der Waals surface area contributed by atoms with Gasteiger partial charge in [0.25, 0.3) is 5.91 Å². The molecule has 0 aliphatic carbocycles. The fraction of sp³-hybridized carbons (Fsp3) is 0.529. The number of anilines is 1. The Morgan fingerprint density at radius 3 is 2.46 bits per heavy atom. The Labute approximate surface area is 147 Å². The van der Waals surface area contributed by atoms with Gasteiger partial charge in [-0.15, -0.1) is 0 Å². The monoisotopic (exact) mass is 349 g/mol. The van der Waals surface area contributed by atoms with Crippen LogP contribution in [0.1, 0.15) is 12.8 Å². The van der Waals surface area contributed by atoms with E-state index in [1.165, 1.54) is 0 Å². The molecule has 1 amide bonds. The van der Waals surface area contributed by atoms with Gasteiger partial charge in [-0.2, -0.15) is 0 Å². The average molecular weight is 349 g/mol. The molecule has 2 aliphatic rings. The lowest BCUT2D eigenvalue weighted by Gasteiger charge is -2.37. The lowest BCUT2D eigenvalue weighted by Crippen LogP contribution is -2.53. The number of benzene rings is 1. The second-order valence-electron chi connectivity index (χ2n) is 5.97. The van der Waals surface area contributed by atoms with Crippen LogP contribution in [0.25, 0.3) is 0 Å². The number of methoxy groups -OCH3 is 1. The molecule has 0 aromatic heterocycles. The standard InChI is InChI=1S/C17H23N3O3S/c1-22-14-6-4-13(5-7-14)18-17(24)20-10-8-19(9-11-20)16(21)15-3-2-12-23-15/h4-7,15H,2-3,8-12H2,1H3,(H,18,24)/t15-/m0/s1. The largest absolute Gasteiger partial charge is 0.497 e. The van der Waals surface area contributed by atoms with Crippen molar-refractivity contribution in [2.45, 2.75) is 18.9 Å². The van der Waals surface area contributed by atoms with E-state index < -0.39 is 0 Å². The number of thiocarbonyl (C=S) groups is 1. The summed E-state index contributed by atoms with van der Waals surface area (Å²) in [6.45, 7) is 3.54. The van der Waals surface area contributed by atoms with Gasteiger partial charge in [0.1, 0.15) is 11.9 Å². The number of carbonyl (C=O) groups excluding carboxylic acids is 1. The average Bonchev–Trinajstić information content (AvgIpc) is 3.16. The molecule has 0 saturated carbocycles. The van der Waals surface area contributed by atoms with Crippen LogP contribution in [0, 0.1) is 0 Å². The molecule has 2 fully saturated rings. The van der Waals surface area contributed by atoms with Crippen molar-refractivity contribution >= 4 is 28.9 Å². The fourth-order valence-electron chi connectivity index (χ4n) is 2.98. The molecule has 6 nitrogen and oxygen atoms in total. The summed E-state index contributed by atoms with van der Waals surface area (Å²) in [4.78, 5) is 16.3. The number of hydrogen-bond acceptors (Lipinski definition) is 4. The van der Waals surface area contributed by atoms with Gasteiger partial charge in [-0.05, 0) is 49.3 Å². The van der Waals surface area contributed by atoms with Crippen molar-refractivity contribution in [2.24, 2.45) is 0 Å². The van der Waals surface area contributed by atoms with Gasteiger partial charge in [-0.1, -0.05) is 0 Å². The third-order valence-corrected chi connectivity index (χ3v) is 4.79. The molecule has 1 atom stereocenters. The molecule has 24 heavy (non-hydrogen) atoms. The SMILES string of the molecule is COc1ccc(NC(=S)N2CCN(C(=O)[C@@H]3CCCO3)CC2)cc1. The minimum Gasteiger partial charge on any atom is -0.497 e. The van der Waals surface area contributed by atoms with Crippen LogP contribution in [0.3, 0.4) is 0 Å². The van der Waals surface area contributed by atoms with Crippen molar-refractivity contribution < 1.29 is 14.3 Å². The van der Waals surface area contributed by atoms with Gasteiger partial charge in [0.05, 0.1) is 7.11 Å². The zero-order valence-corrected chi connectivity index (χ0v) is 14.7. The van der Waals surface area contributed by atoms with Crippen molar-refractivity contribution in [2.75, 3.05) is 45.2 Å². The molecular formula is C17H23N3O3S. The number of piperazine rings is 1. The van der Waals surface area contributed by atoms with E-state index in [9.17, 15) is 4.79 Å². The molecule has 1 aromatic rings. The smallest absolute Gasteiger partial charge is 0.251 e. The lowest BCUT2D eigenvalue weighted by atomic mass is 10.2. The molecule has 0 spiro atoms. The van der Waals surface area contributed by atoms with E-state index >= 15 is 0 Å². The zero-order valence-electron chi connectivity index (χ0n) is 13.9. The molecule has 3 rings (SSSR count). The lowest BCUT2D eigenvalue weighted by molar-refractivity contribution is -0.142. The highest BCUT2D eigenvalue weighted by molar-refractivity contribution is 7.80. The number of nitrogens with one attached hydrogen (secondary N) is 1. The van der Waals surface area contributed by atoms with Gasteiger partial charge < -0.3 is 24.6 Å². The Balaban J connectivity index is 1.48. The van der Waals surface area contributed by atoms with Gasteiger partial charge in [0, 0.05) is 38.5 Å². The van der Waals surface area contributed by atoms with Crippen LogP contribution in [-0.2, 0) is 9.53 Å². The molecule has 7 heteroatoms. The first-order valence-electron chi connectivity index (χ1n) is 8.28. The van der Waals surface area contributed by atoms with Crippen LogP contribution >= 0.6 is 12.2 Å². The number of rotatable bonds is 3. The van der Waals surface area contributed by atoms with Crippen molar-refractivity contribution in [3.8, 4) is 5.75 Å². The summed E-state index contributed by atoms with van der Waals surface area (Å²) in [5.41, 5.74) is 0.929. The van der Waals surface area contributed by atoms with E-state index in [-0.39, 0.29) is 12.0 Å². The highest BCUT2D eigenvalue weighted by atomic mass is 32.1. The Hall–Kier alpha value is -1.86. The van der Waals surface area contributed by atoms with E-state index in [0.29, 0.717) is 24.8 Å². The number of hydrogen-bond donors (Lipinski definition) is 1. The topological polar surface area (TPSA) is 54.0 Å². The first-order valence-corrected chi connectivity index (χ1v) is 8.68. The molecule has 0 radical (unpaired) electrons. The van der Waals surface area contributed by atoms with Gasteiger partial charge in [-0.25, -0.2) is 0 Å². The van der Waals surface area contributed by atoms with Crippen molar-refractivity contribution in [1.82, 2.24) is 9.80 Å². The van der Waals surface area contributed by atoms with Crippen LogP contribution in [-0.4, -0.2) is 66.8 Å². The zero-order chi connectivity index (χ0) is 16.9. The highest BCUT2D eigenvalue weighted by Crippen LogP contribution is 2.18. The van der Waals surface area contributed by atoms with E-state index in [1.54, 1.807) is 7.11 Å². The summed E-state index contributed by atoms with van der Waals surface area (Å²) in [6.07, 6.45) is 1.59. The predicted molar refractivity (Wildman–Crippen MR) is 96.3 cm³/mol. The molecule has 0 unspecified atom stereocenters. The predicted octanol–water partition coefficient (Wildman–Crippen LogP) is 1.72. The maximum atomic E-state index is 12.4. The van der Waals surface area contributed by atoms with Crippen LogP contribution < -0.4 is 10.1 Å². The minimum atomic E-state index is -0.235. The quantitative estimate of drug-likeness (QED) is 0.839. The summed E-state index contributed by atoms with van der Waals surface area (Å²) >= 11 is 5.48. The summed E-state index contributed by atoms with van der Waals surface area (Å²) in [7, 11) is 1.64. The van der Waals surface area contributed by atoms with Crippen LogP contribution in [0.5, 0.6) is 5.75 Å². The fourth-order valence-corrected chi connectivity index (χ4v) is 3.28. The van der Waals surface area contributed by atoms with Gasteiger partial charge in [0.15, 0.2) is 5.11 Å². The Bertz CT molecular complexity index is 579. The summed E-state index contributed by atoms with van der Waals surface area (Å²) in [5, 5.41) is 3.92. The highest BCUT2D eigenvalue weighted by Gasteiger charge is 2.30. The molecule has 130 valence electrons. The number of amides is 1. The molecule has 2 aliphatic heterocycles. The molecule has 0 bridgehead atoms. The van der Waals surface area contributed by atoms with Crippen molar-refractivity contribution in [1.29, 1.82) is 0 Å². The van der Waals surface area contributed by atoms with Gasteiger partial charge in [-0.3, -0.25) is 4.79 Å². The molecule has 2 heterocycles.